The Balaban J connectivity index is -0.000000376. The van der Waals surface area contributed by atoms with E-state index in [1.54, 1.807) is 6.92 Å². The summed E-state index contributed by atoms with van der Waals surface area (Å²) in [6, 6.07) is 0. The highest BCUT2D eigenvalue weighted by atomic mass is 32.2. The van der Waals surface area contributed by atoms with Crippen molar-refractivity contribution in [1.29, 1.82) is 0 Å². The van der Waals surface area contributed by atoms with Crippen molar-refractivity contribution in [3.63, 3.8) is 0 Å². The van der Waals surface area contributed by atoms with Gasteiger partial charge >= 0.3 is 0 Å². The van der Waals surface area contributed by atoms with Gasteiger partial charge in [-0.15, -0.1) is 5.92 Å². The van der Waals surface area contributed by atoms with Crippen molar-refractivity contribution in [1.82, 2.24) is 0 Å². The van der Waals surface area contributed by atoms with Crippen molar-refractivity contribution in [2.24, 2.45) is 5.92 Å². The average Bonchev–Trinajstić information content (AvgIpc) is 2.38. The Morgan fingerprint density at radius 2 is 1.88 bits per heavy atom. The molecule has 0 aliphatic carbocycles. The first kappa shape index (κ1) is 20.6. The predicted molar refractivity (Wildman–Crippen MR) is 72.8 cm³/mol. The zero-order valence-electron chi connectivity index (χ0n) is 11.1. The molecular weight excluding hydrogens is 223 g/mol. The zero-order valence-corrected chi connectivity index (χ0v) is 12.0. The van der Waals surface area contributed by atoms with Gasteiger partial charge in [0.05, 0.1) is 5.92 Å². The van der Waals surface area contributed by atoms with Gasteiger partial charge in [0, 0.05) is 0 Å². The largest absolute Gasteiger partial charge is 0.283 e. The molecule has 0 N–H and O–H groups in total. The van der Waals surface area contributed by atoms with Crippen LogP contribution < -0.4 is 0 Å². The van der Waals surface area contributed by atoms with Crippen LogP contribution in [0, 0.1) is 17.8 Å². The number of carbonyl (C=O) groups is 1. The Morgan fingerprint density at radius 3 is 2.19 bits per heavy atom. The second kappa shape index (κ2) is 19.8. The molecule has 0 heterocycles. The normalized spacial score (nSPS) is 9.94. The lowest BCUT2D eigenvalue weighted by molar-refractivity contribution is -0.113. The smallest absolute Gasteiger partial charge is 0.236 e. The Hall–Kier alpha value is -0.750. The second-order valence-corrected chi connectivity index (χ2v) is 2.70. The molecule has 0 aliphatic heterocycles. The molecule has 1 atom stereocenters. The third kappa shape index (κ3) is 13.2. The molecule has 16 heavy (non-hydrogen) atoms. The molecule has 0 amide bonds. The number of rotatable bonds is 3. The van der Waals surface area contributed by atoms with E-state index in [2.05, 4.69) is 11.8 Å². The second-order valence-electron chi connectivity index (χ2n) is 2.15. The summed E-state index contributed by atoms with van der Waals surface area (Å²) in [7, 11) is 0. The molecule has 0 radical (unpaired) electrons. The SMILES string of the molecule is CC.CC.CC#CC(C/C=C/C)C(=O)SF. The molecule has 94 valence electrons. The summed E-state index contributed by atoms with van der Waals surface area (Å²) in [5, 5.41) is -0.512. The molecule has 0 spiro atoms. The quantitative estimate of drug-likeness (QED) is 0.526. The van der Waals surface area contributed by atoms with Gasteiger partial charge in [-0.25, -0.2) is 0 Å². The van der Waals surface area contributed by atoms with E-state index >= 15 is 0 Å². The van der Waals surface area contributed by atoms with Crippen LogP contribution in [0.3, 0.4) is 0 Å². The van der Waals surface area contributed by atoms with Crippen LogP contribution in [0.2, 0.25) is 0 Å². The fraction of sp³-hybridized carbons (Fsp3) is 0.615. The van der Waals surface area contributed by atoms with E-state index in [4.69, 9.17) is 0 Å². The third-order valence-electron chi connectivity index (χ3n) is 1.29. The molecule has 3 heteroatoms. The molecule has 0 fully saturated rings. The van der Waals surface area contributed by atoms with E-state index in [0.29, 0.717) is 6.42 Å². The number of hydrogen-bond donors (Lipinski definition) is 0. The minimum absolute atomic E-state index is 0.252. The molecule has 0 aromatic heterocycles. The van der Waals surface area contributed by atoms with Crippen LogP contribution in [0.4, 0.5) is 3.89 Å². The number of carbonyl (C=O) groups excluding carboxylic acids is 1. The highest BCUT2D eigenvalue weighted by molar-refractivity contribution is 8.09. The average molecular weight is 246 g/mol. The monoisotopic (exact) mass is 246 g/mol. The first-order chi connectivity index (χ1) is 7.76. The van der Waals surface area contributed by atoms with E-state index in [9.17, 15) is 8.68 Å². The molecule has 0 saturated heterocycles. The summed E-state index contributed by atoms with van der Waals surface area (Å²) in [6.07, 6.45) is 4.12. The summed E-state index contributed by atoms with van der Waals surface area (Å²) in [5.41, 5.74) is 0. The van der Waals surface area contributed by atoms with E-state index in [1.165, 1.54) is 0 Å². The molecule has 0 aromatic carbocycles. The van der Waals surface area contributed by atoms with Crippen LogP contribution in [-0.4, -0.2) is 5.12 Å². The van der Waals surface area contributed by atoms with Gasteiger partial charge < -0.3 is 0 Å². The number of hydrogen-bond acceptors (Lipinski definition) is 2. The Morgan fingerprint density at radius 1 is 1.38 bits per heavy atom. The summed E-state index contributed by atoms with van der Waals surface area (Å²) in [4.78, 5) is 10.9. The molecule has 1 unspecified atom stereocenters. The van der Waals surface area contributed by atoms with Crippen LogP contribution in [-0.2, 0) is 4.79 Å². The van der Waals surface area contributed by atoms with Crippen molar-refractivity contribution < 1.29 is 8.68 Å². The minimum Gasteiger partial charge on any atom is -0.283 e. The van der Waals surface area contributed by atoms with Gasteiger partial charge in [-0.3, -0.25) is 4.79 Å². The highest BCUT2D eigenvalue weighted by Gasteiger charge is 2.14. The molecular formula is C13H23FOS. The maximum Gasteiger partial charge on any atom is 0.236 e. The summed E-state index contributed by atoms with van der Waals surface area (Å²) < 4.78 is 11.9. The maximum absolute atomic E-state index is 11.9. The van der Waals surface area contributed by atoms with Crippen molar-refractivity contribution in [2.75, 3.05) is 0 Å². The standard InChI is InChI=1S/C9H11FOS.2C2H6/c1-3-5-7-8(6-4-2)9(11)12-10;2*1-2/h3,5,8H,7H2,1-2H3;2*1-2H3/b5-3+;;. The fourth-order valence-electron chi connectivity index (χ4n) is 0.714. The van der Waals surface area contributed by atoms with Crippen LogP contribution >= 0.6 is 12.1 Å². The Bertz CT molecular complexity index is 226. The molecule has 0 rings (SSSR count). The Kier molecular flexibility index (Phi) is 25.5. The molecule has 0 bridgehead atoms. The van der Waals surface area contributed by atoms with E-state index in [-0.39, 0.29) is 12.1 Å². The number of halogens is 1. The molecule has 0 aromatic rings. The minimum atomic E-state index is -0.512. The molecule has 0 saturated carbocycles. The van der Waals surface area contributed by atoms with E-state index in [1.807, 2.05) is 46.8 Å². The molecule has 1 nitrogen and oxygen atoms in total. The van der Waals surface area contributed by atoms with Crippen LogP contribution in [0.15, 0.2) is 12.2 Å². The van der Waals surface area contributed by atoms with Crippen molar-refractivity contribution in [3.05, 3.63) is 12.2 Å². The van der Waals surface area contributed by atoms with Gasteiger partial charge in [0.25, 0.3) is 0 Å². The maximum atomic E-state index is 11.9. The first-order valence-corrected chi connectivity index (χ1v) is 6.33. The first-order valence-electron chi connectivity index (χ1n) is 5.62. The fourth-order valence-corrected chi connectivity index (χ4v) is 0.977. The van der Waals surface area contributed by atoms with Gasteiger partial charge in [-0.2, -0.15) is 3.89 Å². The van der Waals surface area contributed by atoms with Crippen molar-refractivity contribution in [2.45, 2.75) is 48.0 Å². The lowest BCUT2D eigenvalue weighted by atomic mass is 10.1. The van der Waals surface area contributed by atoms with Crippen LogP contribution in [0.25, 0.3) is 0 Å². The van der Waals surface area contributed by atoms with Crippen molar-refractivity contribution >= 4 is 17.3 Å². The summed E-state index contributed by atoms with van der Waals surface area (Å²) in [6.45, 7) is 11.5. The van der Waals surface area contributed by atoms with E-state index < -0.39 is 11.0 Å². The van der Waals surface area contributed by atoms with Gasteiger partial charge in [-0.05, 0) is 20.3 Å². The predicted octanol–water partition coefficient (Wildman–Crippen LogP) is 4.79. The zero-order chi connectivity index (χ0) is 13.4. The van der Waals surface area contributed by atoms with Gasteiger partial charge in [0.15, 0.2) is 0 Å². The topological polar surface area (TPSA) is 17.1 Å². The number of allylic oxidation sites excluding steroid dienone is 2. The van der Waals surface area contributed by atoms with Crippen LogP contribution in [0.1, 0.15) is 48.0 Å². The summed E-state index contributed by atoms with van der Waals surface area (Å²) in [5.74, 6) is 4.76. The van der Waals surface area contributed by atoms with Gasteiger partial charge in [-0.1, -0.05) is 45.8 Å². The summed E-state index contributed by atoms with van der Waals surface area (Å²) >= 11 is -0.252. The lowest BCUT2D eigenvalue weighted by Gasteiger charge is -2.00. The van der Waals surface area contributed by atoms with Gasteiger partial charge in [0.1, 0.15) is 12.1 Å². The molecule has 0 aliphatic rings. The highest BCUT2D eigenvalue weighted by Crippen LogP contribution is 2.15. The lowest BCUT2D eigenvalue weighted by Crippen LogP contribution is -2.06. The third-order valence-corrected chi connectivity index (χ3v) is 1.72. The van der Waals surface area contributed by atoms with E-state index in [0.717, 1.165) is 0 Å². The Labute approximate surface area is 104 Å². The van der Waals surface area contributed by atoms with Gasteiger partial charge in [0.2, 0.25) is 5.12 Å². The van der Waals surface area contributed by atoms with Crippen LogP contribution in [0.5, 0.6) is 0 Å². The van der Waals surface area contributed by atoms with Crippen molar-refractivity contribution in [3.8, 4) is 11.8 Å².